The number of ether oxygens (including phenoxy) is 2. The van der Waals surface area contributed by atoms with Crippen molar-refractivity contribution in [1.29, 1.82) is 0 Å². The zero-order valence-corrected chi connectivity index (χ0v) is 19.9. The Kier molecular flexibility index (Phi) is 5.92. The number of nitrogens with one attached hydrogen (secondary N) is 2. The highest BCUT2D eigenvalue weighted by molar-refractivity contribution is 5.75. The van der Waals surface area contributed by atoms with Crippen LogP contribution in [0, 0.1) is 6.92 Å². The van der Waals surface area contributed by atoms with Crippen LogP contribution >= 0.6 is 0 Å². The van der Waals surface area contributed by atoms with E-state index in [1.165, 1.54) is 0 Å². The molecule has 6 rings (SSSR count). The maximum Gasteiger partial charge on any atom is 0.434 e. The van der Waals surface area contributed by atoms with E-state index in [1.54, 1.807) is 16.8 Å². The number of aryl methyl sites for hydroxylation is 1. The first-order valence-corrected chi connectivity index (χ1v) is 11.9. The molecule has 12 heteroatoms. The van der Waals surface area contributed by atoms with Gasteiger partial charge in [-0.25, -0.2) is 14.5 Å². The number of halogens is 3. The van der Waals surface area contributed by atoms with Gasteiger partial charge in [-0.15, -0.1) is 0 Å². The summed E-state index contributed by atoms with van der Waals surface area (Å²) in [5.41, 5.74) is 2.47. The topological polar surface area (TPSA) is 98.5 Å². The lowest BCUT2D eigenvalue weighted by Gasteiger charge is -2.40. The Balaban J connectivity index is 1.24. The monoisotopic (exact) mass is 511 g/mol. The first-order chi connectivity index (χ1) is 17.8. The van der Waals surface area contributed by atoms with Gasteiger partial charge >= 0.3 is 6.18 Å². The number of aromatic nitrogens is 5. The van der Waals surface area contributed by atoms with Crippen LogP contribution in [0.25, 0.3) is 16.6 Å². The highest BCUT2D eigenvalue weighted by atomic mass is 19.4. The van der Waals surface area contributed by atoms with E-state index in [4.69, 9.17) is 9.47 Å². The fourth-order valence-corrected chi connectivity index (χ4v) is 4.82. The fourth-order valence-electron chi connectivity index (χ4n) is 4.82. The molecule has 9 nitrogen and oxygen atoms in total. The summed E-state index contributed by atoms with van der Waals surface area (Å²) in [5, 5.41) is 10.9. The zero-order valence-electron chi connectivity index (χ0n) is 19.9. The van der Waals surface area contributed by atoms with E-state index in [-0.39, 0.29) is 11.9 Å². The van der Waals surface area contributed by atoms with Gasteiger partial charge in [-0.2, -0.15) is 18.3 Å². The number of hydrogen-bond acceptors (Lipinski definition) is 8. The number of nitrogens with zero attached hydrogens (tertiary/aromatic N) is 5. The summed E-state index contributed by atoms with van der Waals surface area (Å²) < 4.78 is 52.0. The summed E-state index contributed by atoms with van der Waals surface area (Å²) in [6, 6.07) is 8.29. The van der Waals surface area contributed by atoms with Gasteiger partial charge in [0, 0.05) is 48.4 Å². The van der Waals surface area contributed by atoms with Crippen molar-refractivity contribution < 1.29 is 22.6 Å². The van der Waals surface area contributed by atoms with Gasteiger partial charge in [0.25, 0.3) is 0 Å². The molecule has 2 aliphatic rings. The predicted molar refractivity (Wildman–Crippen MR) is 129 cm³/mol. The minimum Gasteiger partial charge on any atom is -0.488 e. The molecule has 0 saturated carbocycles. The number of alkyl halides is 3. The quantitative estimate of drug-likeness (QED) is 0.412. The second-order valence-corrected chi connectivity index (χ2v) is 9.36. The Labute approximate surface area is 210 Å². The van der Waals surface area contributed by atoms with Crippen LogP contribution in [0.4, 0.5) is 24.8 Å². The molecule has 2 fully saturated rings. The molecule has 4 aromatic heterocycles. The number of fused-ring (bicyclic) bond motifs is 3. The van der Waals surface area contributed by atoms with Gasteiger partial charge in [-0.1, -0.05) is 0 Å². The summed E-state index contributed by atoms with van der Waals surface area (Å²) in [7, 11) is 0. The lowest BCUT2D eigenvalue weighted by molar-refractivity contribution is -0.141. The van der Waals surface area contributed by atoms with E-state index < -0.39 is 11.9 Å². The van der Waals surface area contributed by atoms with Crippen LogP contribution < -0.4 is 15.4 Å². The van der Waals surface area contributed by atoms with Crippen LogP contribution in [0.1, 0.15) is 24.2 Å². The molecule has 2 saturated heterocycles. The number of morpholine rings is 1. The van der Waals surface area contributed by atoms with E-state index in [1.807, 2.05) is 31.3 Å². The molecule has 2 aliphatic heterocycles. The molecule has 192 valence electrons. The Morgan fingerprint density at radius 3 is 2.57 bits per heavy atom. The molecule has 0 aliphatic carbocycles. The Morgan fingerprint density at radius 1 is 1.03 bits per heavy atom. The molecular formula is C25H24F3N7O2. The van der Waals surface area contributed by atoms with Gasteiger partial charge in [0.05, 0.1) is 37.3 Å². The molecule has 0 aromatic carbocycles. The predicted octanol–water partition coefficient (Wildman–Crippen LogP) is 4.16. The van der Waals surface area contributed by atoms with Crippen molar-refractivity contribution in [2.24, 2.45) is 0 Å². The molecule has 37 heavy (non-hydrogen) atoms. The molecular weight excluding hydrogens is 487 g/mol. The second-order valence-electron chi connectivity index (χ2n) is 9.36. The second kappa shape index (κ2) is 9.27. The van der Waals surface area contributed by atoms with Crippen LogP contribution in [-0.2, 0) is 10.9 Å². The molecule has 0 amide bonds. The van der Waals surface area contributed by atoms with Gasteiger partial charge in [0.1, 0.15) is 17.7 Å². The van der Waals surface area contributed by atoms with Crippen molar-refractivity contribution in [3.8, 4) is 16.9 Å². The smallest absolute Gasteiger partial charge is 0.434 e. The third kappa shape index (κ3) is 5.07. The molecule has 3 atom stereocenters. The third-order valence-corrected chi connectivity index (χ3v) is 6.47. The van der Waals surface area contributed by atoms with Crippen molar-refractivity contribution in [3.63, 3.8) is 0 Å². The summed E-state index contributed by atoms with van der Waals surface area (Å²) in [4.78, 5) is 11.7. The fraction of sp³-hybridized carbons (Fsp3) is 0.360. The van der Waals surface area contributed by atoms with E-state index >= 15 is 0 Å². The van der Waals surface area contributed by atoms with Gasteiger partial charge < -0.3 is 20.1 Å². The number of rotatable bonds is 5. The highest BCUT2D eigenvalue weighted by Gasteiger charge is 2.34. The van der Waals surface area contributed by atoms with Crippen LogP contribution in [0.15, 0.2) is 49.1 Å². The summed E-state index contributed by atoms with van der Waals surface area (Å²) >= 11 is 0. The van der Waals surface area contributed by atoms with E-state index in [2.05, 4.69) is 30.7 Å². The highest BCUT2D eigenvalue weighted by Crippen LogP contribution is 2.34. The van der Waals surface area contributed by atoms with E-state index in [9.17, 15) is 13.2 Å². The normalized spacial score (nSPS) is 21.7. The van der Waals surface area contributed by atoms with Crippen molar-refractivity contribution in [2.75, 3.05) is 18.5 Å². The average molecular weight is 512 g/mol. The molecule has 4 aromatic rings. The van der Waals surface area contributed by atoms with Gasteiger partial charge in [-0.05, 0) is 30.7 Å². The Morgan fingerprint density at radius 2 is 1.84 bits per heavy atom. The van der Waals surface area contributed by atoms with Gasteiger partial charge in [0.15, 0.2) is 11.5 Å². The number of anilines is 2. The standard InChI is InChI=1S/C25H24F3N7O2/c1-14-4-20(21(9-29-14)37-19-6-16-12-36-13-17(7-19)32-16)15-2-3-35-18(5-15)8-23(34-35)33-24-11-30-22(10-31-24)25(26,27)28/h2-5,8-11,16-17,19,32H,6-7,12-13H2,1H3,(H,31,33,34)/t16-,17+,19?. The SMILES string of the molecule is Cc1cc(-c2ccn3nc(Nc4cnc(C(F)(F)F)cn4)cc3c2)c(OC2C[C@H]3COC[C@@H](C2)N3)cn1. The average Bonchev–Trinajstić information content (AvgIpc) is 3.26. The number of pyridine rings is 2. The Bertz CT molecular complexity index is 1410. The van der Waals surface area contributed by atoms with Crippen LogP contribution in [0.3, 0.4) is 0 Å². The summed E-state index contributed by atoms with van der Waals surface area (Å²) in [5.74, 6) is 1.31. The zero-order chi connectivity index (χ0) is 25.6. The van der Waals surface area contributed by atoms with Crippen LogP contribution in [0.5, 0.6) is 5.75 Å². The van der Waals surface area contributed by atoms with Crippen molar-refractivity contribution >= 4 is 17.2 Å². The van der Waals surface area contributed by atoms with E-state index in [0.717, 1.165) is 47.1 Å². The molecule has 1 unspecified atom stereocenters. The number of piperidine rings is 1. The van der Waals surface area contributed by atoms with Crippen molar-refractivity contribution in [3.05, 3.63) is 60.4 Å². The Hall–Kier alpha value is -3.77. The lowest BCUT2D eigenvalue weighted by atomic mass is 9.94. The summed E-state index contributed by atoms with van der Waals surface area (Å²) in [6.45, 7) is 3.33. The molecule has 0 radical (unpaired) electrons. The summed E-state index contributed by atoms with van der Waals surface area (Å²) in [6.07, 6.45) is 2.58. The maximum atomic E-state index is 12.7. The minimum absolute atomic E-state index is 0.0720. The molecule has 6 heterocycles. The third-order valence-electron chi connectivity index (χ3n) is 6.47. The molecule has 0 spiro atoms. The van der Waals surface area contributed by atoms with Gasteiger partial charge in [-0.3, -0.25) is 4.98 Å². The minimum atomic E-state index is -4.54. The number of hydrogen-bond donors (Lipinski definition) is 2. The first-order valence-electron chi connectivity index (χ1n) is 11.9. The molecule has 2 N–H and O–H groups in total. The maximum absolute atomic E-state index is 12.7. The van der Waals surface area contributed by atoms with Crippen molar-refractivity contribution in [2.45, 2.75) is 44.1 Å². The molecule has 2 bridgehead atoms. The van der Waals surface area contributed by atoms with Gasteiger partial charge in [0.2, 0.25) is 0 Å². The van der Waals surface area contributed by atoms with Crippen LogP contribution in [0.2, 0.25) is 0 Å². The largest absolute Gasteiger partial charge is 0.488 e. The first kappa shape index (κ1) is 23.6. The van der Waals surface area contributed by atoms with Crippen LogP contribution in [-0.4, -0.2) is 56.0 Å². The van der Waals surface area contributed by atoms with Crippen molar-refractivity contribution in [1.82, 2.24) is 29.9 Å². The van der Waals surface area contributed by atoms with E-state index in [0.29, 0.717) is 37.3 Å². The lowest BCUT2D eigenvalue weighted by Crippen LogP contribution is -2.56.